The Kier molecular flexibility index (Phi) is 4.50. The van der Waals surface area contributed by atoms with Crippen molar-refractivity contribution >= 4 is 21.6 Å². The Labute approximate surface area is 153 Å². The number of hydrogen-bond donors (Lipinski definition) is 1. The van der Waals surface area contributed by atoms with Crippen LogP contribution in [0.2, 0.25) is 0 Å². The van der Waals surface area contributed by atoms with E-state index in [-0.39, 0.29) is 5.91 Å². The van der Waals surface area contributed by atoms with Crippen LogP contribution < -0.4 is 5.32 Å². The molecular formula is C19H21N3O3S. The molecule has 1 N–H and O–H groups in total. The van der Waals surface area contributed by atoms with Gasteiger partial charge >= 0.3 is 0 Å². The molecule has 4 rings (SSSR count). The number of aromatic nitrogens is 1. The van der Waals surface area contributed by atoms with Crippen LogP contribution in [0.3, 0.4) is 0 Å². The molecular weight excluding hydrogens is 350 g/mol. The van der Waals surface area contributed by atoms with Gasteiger partial charge in [0.15, 0.2) is 0 Å². The number of rotatable bonds is 3. The van der Waals surface area contributed by atoms with Crippen LogP contribution in [0.4, 0.5) is 5.69 Å². The van der Waals surface area contributed by atoms with Gasteiger partial charge < -0.3 is 5.32 Å². The second-order valence-electron chi connectivity index (χ2n) is 6.83. The zero-order valence-electron chi connectivity index (χ0n) is 14.4. The fourth-order valence-electron chi connectivity index (χ4n) is 3.73. The van der Waals surface area contributed by atoms with Crippen LogP contribution in [0.1, 0.15) is 36.3 Å². The number of fused-ring (bicyclic) bond motifs is 1. The van der Waals surface area contributed by atoms with Crippen molar-refractivity contribution in [3.8, 4) is 0 Å². The van der Waals surface area contributed by atoms with E-state index in [1.165, 1.54) is 5.56 Å². The molecule has 7 heteroatoms. The fraction of sp³-hybridized carbons (Fsp3) is 0.368. The summed E-state index contributed by atoms with van der Waals surface area (Å²) in [7, 11) is -3.51. The Bertz CT molecular complexity index is 920. The molecule has 1 aromatic heterocycles. The van der Waals surface area contributed by atoms with E-state index in [4.69, 9.17) is 0 Å². The van der Waals surface area contributed by atoms with Crippen molar-refractivity contribution in [3.05, 3.63) is 53.9 Å². The molecule has 26 heavy (non-hydrogen) atoms. The average molecular weight is 371 g/mol. The van der Waals surface area contributed by atoms with Crippen LogP contribution in [0.5, 0.6) is 0 Å². The lowest BCUT2D eigenvalue weighted by molar-refractivity contribution is -0.116. The molecule has 0 unspecified atom stereocenters. The normalized spacial score (nSPS) is 19.0. The van der Waals surface area contributed by atoms with E-state index in [2.05, 4.69) is 10.3 Å². The van der Waals surface area contributed by atoms with Crippen LogP contribution in [0, 0.1) is 0 Å². The van der Waals surface area contributed by atoms with Crippen molar-refractivity contribution in [2.75, 3.05) is 18.4 Å². The van der Waals surface area contributed by atoms with E-state index < -0.39 is 10.0 Å². The number of sulfonamides is 1. The van der Waals surface area contributed by atoms with Crippen LogP contribution in [0.25, 0.3) is 0 Å². The van der Waals surface area contributed by atoms with Gasteiger partial charge in [-0.05, 0) is 66.6 Å². The predicted molar refractivity (Wildman–Crippen MR) is 98.4 cm³/mol. The first-order valence-corrected chi connectivity index (χ1v) is 10.3. The number of amides is 1. The third-order valence-electron chi connectivity index (χ3n) is 5.24. The Hall–Kier alpha value is -2.25. The summed E-state index contributed by atoms with van der Waals surface area (Å²) in [5, 5.41) is 2.79. The van der Waals surface area contributed by atoms with Gasteiger partial charge in [-0.1, -0.05) is 0 Å². The predicted octanol–water partition coefficient (Wildman–Crippen LogP) is 2.53. The van der Waals surface area contributed by atoms with Crippen LogP contribution in [-0.2, 0) is 21.2 Å². The van der Waals surface area contributed by atoms with Crippen molar-refractivity contribution in [1.29, 1.82) is 0 Å². The van der Waals surface area contributed by atoms with Crippen molar-refractivity contribution in [1.82, 2.24) is 9.29 Å². The molecule has 2 aliphatic heterocycles. The molecule has 1 fully saturated rings. The van der Waals surface area contributed by atoms with Crippen molar-refractivity contribution in [3.63, 3.8) is 0 Å². The molecule has 1 amide bonds. The summed E-state index contributed by atoms with van der Waals surface area (Å²) in [5.41, 5.74) is 2.83. The second-order valence-corrected chi connectivity index (χ2v) is 8.76. The van der Waals surface area contributed by atoms with Crippen LogP contribution in [-0.4, -0.2) is 36.7 Å². The minimum absolute atomic E-state index is 0.0220. The van der Waals surface area contributed by atoms with Crippen LogP contribution in [0.15, 0.2) is 47.6 Å². The molecule has 0 saturated carbocycles. The zero-order chi connectivity index (χ0) is 18.1. The van der Waals surface area contributed by atoms with Gasteiger partial charge in [-0.2, -0.15) is 4.31 Å². The van der Waals surface area contributed by atoms with Gasteiger partial charge in [-0.15, -0.1) is 0 Å². The minimum Gasteiger partial charge on any atom is -0.326 e. The van der Waals surface area contributed by atoms with Gasteiger partial charge in [0.2, 0.25) is 15.9 Å². The molecule has 1 saturated heterocycles. The first-order chi connectivity index (χ1) is 12.5. The smallest absolute Gasteiger partial charge is 0.243 e. The maximum absolute atomic E-state index is 13.0. The lowest BCUT2D eigenvalue weighted by Gasteiger charge is -2.31. The molecule has 136 valence electrons. The van der Waals surface area contributed by atoms with Gasteiger partial charge in [0.25, 0.3) is 0 Å². The molecule has 1 aromatic carbocycles. The molecule has 3 heterocycles. The third kappa shape index (κ3) is 3.24. The molecule has 0 spiro atoms. The highest BCUT2D eigenvalue weighted by Crippen LogP contribution is 2.32. The molecule has 0 aliphatic carbocycles. The molecule has 0 radical (unpaired) electrons. The molecule has 2 aromatic rings. The Balaban J connectivity index is 1.50. The van der Waals surface area contributed by atoms with E-state index >= 15 is 0 Å². The Morgan fingerprint density at radius 3 is 2.50 bits per heavy atom. The maximum Gasteiger partial charge on any atom is 0.243 e. The van der Waals surface area contributed by atoms with E-state index in [9.17, 15) is 13.2 Å². The quantitative estimate of drug-likeness (QED) is 0.899. The maximum atomic E-state index is 13.0. The average Bonchev–Trinajstić information content (AvgIpc) is 2.68. The SMILES string of the molecule is O=C1CCc2cc(S(=O)(=O)N3CCC(c4ccncc4)CC3)ccc2N1. The highest BCUT2D eigenvalue weighted by molar-refractivity contribution is 7.89. The summed E-state index contributed by atoms with van der Waals surface area (Å²) in [5.74, 6) is 0.356. The molecule has 0 atom stereocenters. The van der Waals surface area contributed by atoms with E-state index in [1.807, 2.05) is 12.1 Å². The number of anilines is 1. The highest BCUT2D eigenvalue weighted by atomic mass is 32.2. The number of benzene rings is 1. The number of piperidine rings is 1. The van der Waals surface area contributed by atoms with E-state index in [0.717, 1.165) is 24.1 Å². The molecule has 0 bridgehead atoms. The first kappa shape index (κ1) is 17.2. The largest absolute Gasteiger partial charge is 0.326 e. The van der Waals surface area contributed by atoms with Gasteiger partial charge in [0.05, 0.1) is 4.90 Å². The second kappa shape index (κ2) is 6.81. The summed E-state index contributed by atoms with van der Waals surface area (Å²) in [6.45, 7) is 1.03. The first-order valence-electron chi connectivity index (χ1n) is 8.87. The number of carbonyl (C=O) groups excluding carboxylic acids is 1. The number of carbonyl (C=O) groups is 1. The Morgan fingerprint density at radius 1 is 1.04 bits per heavy atom. The molecule has 2 aliphatic rings. The van der Waals surface area contributed by atoms with Crippen molar-refractivity contribution in [2.45, 2.75) is 36.5 Å². The van der Waals surface area contributed by atoms with Gasteiger partial charge in [-0.3, -0.25) is 9.78 Å². The van der Waals surface area contributed by atoms with E-state index in [1.54, 1.807) is 34.9 Å². The topological polar surface area (TPSA) is 79.4 Å². The lowest BCUT2D eigenvalue weighted by Crippen LogP contribution is -2.38. The number of hydrogen-bond acceptors (Lipinski definition) is 4. The summed E-state index contributed by atoms with van der Waals surface area (Å²) in [6, 6.07) is 9.01. The van der Waals surface area contributed by atoms with Crippen molar-refractivity contribution in [2.24, 2.45) is 0 Å². The number of pyridine rings is 1. The van der Waals surface area contributed by atoms with Crippen LogP contribution >= 0.6 is 0 Å². The number of nitrogens with one attached hydrogen (secondary N) is 1. The highest BCUT2D eigenvalue weighted by Gasteiger charge is 2.30. The summed E-state index contributed by atoms with van der Waals surface area (Å²) < 4.78 is 27.6. The summed E-state index contributed by atoms with van der Waals surface area (Å²) in [6.07, 6.45) is 6.16. The van der Waals surface area contributed by atoms with Gasteiger partial charge in [-0.25, -0.2) is 8.42 Å². The lowest BCUT2D eigenvalue weighted by atomic mass is 9.91. The number of aryl methyl sites for hydroxylation is 1. The standard InChI is InChI=1S/C19H21N3O3S/c23-19-4-1-16-13-17(2-3-18(16)21-19)26(24,25)22-11-7-15(8-12-22)14-5-9-20-10-6-14/h2-3,5-6,9-10,13,15H,1,4,7-8,11-12H2,(H,21,23). The minimum atomic E-state index is -3.51. The third-order valence-corrected chi connectivity index (χ3v) is 7.14. The molecule has 6 nitrogen and oxygen atoms in total. The van der Waals surface area contributed by atoms with Gasteiger partial charge in [0, 0.05) is 37.6 Å². The fourth-order valence-corrected chi connectivity index (χ4v) is 5.26. The number of nitrogens with zero attached hydrogens (tertiary/aromatic N) is 2. The monoisotopic (exact) mass is 371 g/mol. The summed E-state index contributed by atoms with van der Waals surface area (Å²) >= 11 is 0. The summed E-state index contributed by atoms with van der Waals surface area (Å²) in [4.78, 5) is 15.8. The zero-order valence-corrected chi connectivity index (χ0v) is 15.2. The van der Waals surface area contributed by atoms with Crippen molar-refractivity contribution < 1.29 is 13.2 Å². The van der Waals surface area contributed by atoms with E-state index in [0.29, 0.717) is 36.7 Å². The van der Waals surface area contributed by atoms with Gasteiger partial charge in [0.1, 0.15) is 0 Å². The Morgan fingerprint density at radius 2 is 1.77 bits per heavy atom.